The molecular weight excluding hydrogens is 846 g/mol. The van der Waals surface area contributed by atoms with Crippen LogP contribution in [-0.2, 0) is 0 Å². The van der Waals surface area contributed by atoms with Crippen LogP contribution in [-0.4, -0.2) is 24.1 Å². The number of carboxylic acid groups (broad SMARTS) is 1. The average molecular weight is 857 g/mol. The highest BCUT2D eigenvalue weighted by Gasteiger charge is 2.25. The number of thiophene rings is 1. The Kier molecular flexibility index (Phi) is 8.05. The Bertz CT molecular complexity index is 1130. The number of nitrogens with one attached hydrogen (secondary N) is 1. The molecule has 5 nitrogen and oxygen atoms in total. The maximum atomic E-state index is 13.0. The molecule has 29 heavy (non-hydrogen) atoms. The van der Waals surface area contributed by atoms with E-state index in [1.165, 1.54) is 11.3 Å². The number of carbonyl (C=O) groups excluding carboxylic acids is 1. The van der Waals surface area contributed by atoms with Gasteiger partial charge in [-0.3, -0.25) is 4.79 Å². The first-order chi connectivity index (χ1) is 13.7. The summed E-state index contributed by atoms with van der Waals surface area (Å²) in [6.07, 6.45) is 0. The van der Waals surface area contributed by atoms with Crippen LogP contribution in [0.3, 0.4) is 0 Å². The lowest BCUT2D eigenvalue weighted by Gasteiger charge is -2.13. The number of hydrogen-bond acceptors (Lipinski definition) is 4. The topological polar surface area (TPSA) is 75.6 Å². The molecule has 0 fully saturated rings. The van der Waals surface area contributed by atoms with Gasteiger partial charge in [-0.1, -0.05) is 12.1 Å². The van der Waals surface area contributed by atoms with Crippen molar-refractivity contribution in [1.29, 1.82) is 0 Å². The maximum absolute atomic E-state index is 13.0. The van der Waals surface area contributed by atoms with Crippen molar-refractivity contribution in [1.82, 2.24) is 0 Å². The molecule has 1 amide bonds. The van der Waals surface area contributed by atoms with Crippen LogP contribution in [0.25, 0.3) is 10.4 Å². The van der Waals surface area contributed by atoms with Gasteiger partial charge in [-0.15, -0.1) is 11.3 Å². The van der Waals surface area contributed by atoms with Crippen LogP contribution < -0.4 is 10.1 Å². The van der Waals surface area contributed by atoms with E-state index in [4.69, 9.17) is 4.74 Å². The van der Waals surface area contributed by atoms with Crippen molar-refractivity contribution in [3.05, 3.63) is 61.1 Å². The normalized spacial score (nSPS) is 10.7. The molecule has 0 atom stereocenters. The summed E-state index contributed by atoms with van der Waals surface area (Å²) in [4.78, 5) is 25.6. The first-order valence-electron chi connectivity index (χ1n) is 7.88. The van der Waals surface area contributed by atoms with Crippen LogP contribution in [0.4, 0.5) is 5.69 Å². The van der Waals surface area contributed by atoms with Gasteiger partial charge < -0.3 is 15.2 Å². The van der Waals surface area contributed by atoms with Crippen molar-refractivity contribution < 1.29 is 19.4 Å². The van der Waals surface area contributed by atoms with E-state index in [-0.39, 0.29) is 17.2 Å². The first kappa shape index (κ1) is 23.5. The predicted molar refractivity (Wildman–Crippen MR) is 149 cm³/mol. The predicted octanol–water partition coefficient (Wildman–Crippen LogP) is 6.79. The Labute approximate surface area is 225 Å². The molecule has 150 valence electrons. The minimum absolute atomic E-state index is 0.0906. The molecule has 0 spiro atoms. The minimum atomic E-state index is -1.08. The van der Waals surface area contributed by atoms with Crippen LogP contribution in [0, 0.1) is 14.3 Å². The van der Waals surface area contributed by atoms with Gasteiger partial charge in [-0.2, -0.15) is 0 Å². The van der Waals surface area contributed by atoms with Crippen LogP contribution in [0.5, 0.6) is 5.75 Å². The fraction of sp³-hybridized carbons (Fsp3) is 0.0526. The molecule has 0 aliphatic carbocycles. The fourth-order valence-electron chi connectivity index (χ4n) is 2.66. The number of carbonyl (C=O) groups is 2. The summed E-state index contributed by atoms with van der Waals surface area (Å²) in [5.74, 6) is -0.830. The Morgan fingerprint density at radius 3 is 2.41 bits per heavy atom. The number of ether oxygens (including phenoxy) is 1. The molecule has 1 heterocycles. The molecule has 2 N–H and O–H groups in total. The molecule has 1 aromatic heterocycles. The lowest BCUT2D eigenvalue weighted by Crippen LogP contribution is -2.17. The zero-order chi connectivity index (χ0) is 21.3. The van der Waals surface area contributed by atoms with E-state index in [2.05, 4.69) is 95.7 Å². The van der Waals surface area contributed by atoms with Crippen molar-refractivity contribution in [2.45, 2.75) is 0 Å². The number of carboxylic acids is 1. The molecule has 0 bridgehead atoms. The monoisotopic (exact) mass is 857 g/mol. The number of amides is 1. The number of hydrogen-bond donors (Lipinski definition) is 2. The highest BCUT2D eigenvalue weighted by atomic mass is 127. The van der Waals surface area contributed by atoms with Crippen molar-refractivity contribution in [3.8, 4) is 16.2 Å². The van der Waals surface area contributed by atoms with Crippen molar-refractivity contribution in [3.63, 3.8) is 0 Å². The second-order valence-electron chi connectivity index (χ2n) is 5.69. The Morgan fingerprint density at radius 1 is 1.07 bits per heavy atom. The fourth-order valence-corrected chi connectivity index (χ4v) is 8.49. The van der Waals surface area contributed by atoms with Gasteiger partial charge in [0.25, 0.3) is 5.91 Å². The average Bonchev–Trinajstić information content (AvgIpc) is 3.05. The van der Waals surface area contributed by atoms with Gasteiger partial charge in [0, 0.05) is 12.5 Å². The molecule has 0 aliphatic heterocycles. The van der Waals surface area contributed by atoms with Crippen LogP contribution in [0.2, 0.25) is 0 Å². The van der Waals surface area contributed by atoms with Gasteiger partial charge in [0.05, 0.1) is 30.4 Å². The number of aromatic carboxylic acids is 1. The molecule has 2 aromatic carbocycles. The van der Waals surface area contributed by atoms with Gasteiger partial charge in [0.2, 0.25) is 0 Å². The molecule has 0 saturated heterocycles. The third-order valence-corrected chi connectivity index (χ3v) is 8.28. The summed E-state index contributed by atoms with van der Waals surface area (Å²) >= 11 is 9.82. The summed E-state index contributed by atoms with van der Waals surface area (Å²) < 4.78 is 8.77. The number of benzene rings is 2. The third kappa shape index (κ3) is 5.01. The molecule has 0 saturated carbocycles. The number of halogens is 4. The molecular formula is C19H11I4NO4S. The zero-order valence-corrected chi connectivity index (χ0v) is 24.0. The summed E-state index contributed by atoms with van der Waals surface area (Å²) in [6.45, 7) is 0. The van der Waals surface area contributed by atoms with Gasteiger partial charge in [0.1, 0.15) is 11.3 Å². The van der Waals surface area contributed by atoms with Gasteiger partial charge >= 0.3 is 5.97 Å². The zero-order valence-electron chi connectivity index (χ0n) is 14.6. The van der Waals surface area contributed by atoms with Crippen LogP contribution in [0.15, 0.2) is 35.7 Å². The second kappa shape index (κ2) is 9.95. The Balaban J connectivity index is 2.04. The van der Waals surface area contributed by atoms with Crippen molar-refractivity contribution in [2.75, 3.05) is 12.4 Å². The number of methoxy groups -OCH3 is 1. The molecule has 0 radical (unpaired) electrons. The van der Waals surface area contributed by atoms with Gasteiger partial charge in [-0.05, 0) is 114 Å². The quantitative estimate of drug-likeness (QED) is 0.278. The standard InChI is InChI=1S/C19H11I4NO4S/c1-28-16-11(22)6-10(21)13(15(16)23)18(25)24-12-7-29-17(14(12)19(26)27)8-3-2-4-9(20)5-8/h2-7H,1H3,(H,24,25)(H,26,27). The van der Waals surface area contributed by atoms with Gasteiger partial charge in [-0.25, -0.2) is 4.79 Å². The van der Waals surface area contributed by atoms with E-state index in [0.717, 1.165) is 16.3 Å². The van der Waals surface area contributed by atoms with E-state index in [0.29, 0.717) is 19.8 Å². The van der Waals surface area contributed by atoms with E-state index in [9.17, 15) is 14.7 Å². The van der Waals surface area contributed by atoms with Crippen LogP contribution >= 0.6 is 102 Å². The van der Waals surface area contributed by atoms with Crippen LogP contribution in [0.1, 0.15) is 20.7 Å². The summed E-state index contributed by atoms with van der Waals surface area (Å²) in [6, 6.07) is 9.46. The number of anilines is 1. The lowest BCUT2D eigenvalue weighted by atomic mass is 10.1. The smallest absolute Gasteiger partial charge is 0.339 e. The van der Waals surface area contributed by atoms with E-state index in [1.807, 2.05) is 30.3 Å². The van der Waals surface area contributed by atoms with Crippen molar-refractivity contribution >= 4 is 119 Å². The number of rotatable bonds is 5. The van der Waals surface area contributed by atoms with E-state index < -0.39 is 5.97 Å². The molecule has 0 unspecified atom stereocenters. The second-order valence-corrected chi connectivity index (χ2v) is 11.2. The van der Waals surface area contributed by atoms with Gasteiger partial charge in [0.15, 0.2) is 0 Å². The molecule has 3 aromatic rings. The SMILES string of the molecule is COc1c(I)cc(I)c(C(=O)Nc2csc(-c3cccc(I)c3)c2C(=O)O)c1I. The summed E-state index contributed by atoms with van der Waals surface area (Å²) in [5.41, 5.74) is 1.64. The van der Waals surface area contributed by atoms with E-state index >= 15 is 0 Å². The summed E-state index contributed by atoms with van der Waals surface area (Å²) in [5, 5.41) is 14.3. The molecule has 0 aliphatic rings. The third-order valence-electron chi connectivity index (χ3n) is 3.90. The maximum Gasteiger partial charge on any atom is 0.339 e. The highest BCUT2D eigenvalue weighted by Crippen LogP contribution is 2.38. The van der Waals surface area contributed by atoms with E-state index in [1.54, 1.807) is 12.5 Å². The molecule has 3 rings (SSSR count). The lowest BCUT2D eigenvalue weighted by molar-refractivity contribution is 0.0699. The Hall–Kier alpha value is -0.200. The van der Waals surface area contributed by atoms with Crippen molar-refractivity contribution in [2.24, 2.45) is 0 Å². The first-order valence-corrected chi connectivity index (χ1v) is 13.1. The Morgan fingerprint density at radius 2 is 1.79 bits per heavy atom. The largest absolute Gasteiger partial charge is 0.495 e. The highest BCUT2D eigenvalue weighted by molar-refractivity contribution is 14.1. The molecule has 10 heteroatoms. The summed E-state index contributed by atoms with van der Waals surface area (Å²) in [7, 11) is 1.56. The minimum Gasteiger partial charge on any atom is -0.495 e.